The zero-order valence-electron chi connectivity index (χ0n) is 15.7. The fourth-order valence-corrected chi connectivity index (χ4v) is 4.47. The zero-order chi connectivity index (χ0) is 18.7. The molecule has 1 N–H and O–H groups in total. The Morgan fingerprint density at radius 3 is 2.88 bits per heavy atom. The topological polar surface area (TPSA) is 50.8 Å². The lowest BCUT2D eigenvalue weighted by Crippen LogP contribution is -2.42. The molecule has 0 saturated carbocycles. The summed E-state index contributed by atoms with van der Waals surface area (Å²) in [7, 11) is 3.26. The molecule has 26 heavy (non-hydrogen) atoms. The van der Waals surface area contributed by atoms with Crippen LogP contribution in [0.5, 0.6) is 11.5 Å². The third kappa shape index (κ3) is 3.86. The molecule has 0 radical (unpaired) electrons. The molecule has 2 aromatic rings. The van der Waals surface area contributed by atoms with Gasteiger partial charge in [0.1, 0.15) is 11.5 Å². The van der Waals surface area contributed by atoms with Crippen molar-refractivity contribution in [1.82, 2.24) is 10.2 Å². The molecular weight excluding hydrogens is 348 g/mol. The Bertz CT molecular complexity index is 774. The van der Waals surface area contributed by atoms with Crippen LogP contribution in [-0.4, -0.2) is 38.1 Å². The predicted molar refractivity (Wildman–Crippen MR) is 104 cm³/mol. The van der Waals surface area contributed by atoms with Crippen LogP contribution in [0.3, 0.4) is 0 Å². The Kier molecular flexibility index (Phi) is 5.84. The van der Waals surface area contributed by atoms with Crippen molar-refractivity contribution in [3.05, 3.63) is 45.6 Å². The molecule has 0 unspecified atom stereocenters. The maximum atomic E-state index is 12.6. The number of nitrogens with zero attached hydrogens (tertiary/aromatic N) is 1. The van der Waals surface area contributed by atoms with Crippen molar-refractivity contribution in [2.24, 2.45) is 0 Å². The minimum Gasteiger partial charge on any atom is -0.497 e. The molecule has 0 spiro atoms. The second-order valence-electron chi connectivity index (χ2n) is 6.59. The molecule has 2 atom stereocenters. The quantitative estimate of drug-likeness (QED) is 0.840. The highest BCUT2D eigenvalue weighted by molar-refractivity contribution is 7.10. The molecular formula is C20H26N2O3S. The van der Waals surface area contributed by atoms with E-state index in [9.17, 15) is 4.79 Å². The van der Waals surface area contributed by atoms with Crippen molar-refractivity contribution in [2.75, 3.05) is 27.3 Å². The molecule has 140 valence electrons. The molecule has 0 bridgehead atoms. The molecule has 0 saturated heterocycles. The van der Waals surface area contributed by atoms with Gasteiger partial charge in [0.2, 0.25) is 5.91 Å². The number of amides is 1. The number of hydrogen-bond donors (Lipinski definition) is 1. The van der Waals surface area contributed by atoms with Crippen molar-refractivity contribution in [1.29, 1.82) is 0 Å². The average Bonchev–Trinajstić information content (AvgIpc) is 3.13. The third-order valence-electron chi connectivity index (χ3n) is 5.03. The summed E-state index contributed by atoms with van der Waals surface area (Å²) >= 11 is 1.81. The van der Waals surface area contributed by atoms with Gasteiger partial charge >= 0.3 is 0 Å². The number of nitrogens with one attached hydrogen (secondary N) is 1. The average molecular weight is 375 g/mol. The van der Waals surface area contributed by atoms with Crippen LogP contribution in [0.25, 0.3) is 0 Å². The van der Waals surface area contributed by atoms with Gasteiger partial charge in [0.25, 0.3) is 0 Å². The van der Waals surface area contributed by atoms with Crippen LogP contribution in [0.1, 0.15) is 41.9 Å². The molecule has 6 heteroatoms. The first-order valence-electron chi connectivity index (χ1n) is 8.85. The summed E-state index contributed by atoms with van der Waals surface area (Å²) < 4.78 is 10.7. The van der Waals surface area contributed by atoms with Crippen molar-refractivity contribution in [3.63, 3.8) is 0 Å². The van der Waals surface area contributed by atoms with Crippen LogP contribution in [0.2, 0.25) is 0 Å². The number of fused-ring (bicyclic) bond motifs is 1. The highest BCUT2D eigenvalue weighted by atomic mass is 32.1. The minimum absolute atomic E-state index is 0.0212. The van der Waals surface area contributed by atoms with Crippen LogP contribution in [0, 0.1) is 0 Å². The summed E-state index contributed by atoms with van der Waals surface area (Å²) in [6.07, 6.45) is 1.02. The van der Waals surface area contributed by atoms with Gasteiger partial charge in [0, 0.05) is 23.0 Å². The third-order valence-corrected chi connectivity index (χ3v) is 6.03. The van der Waals surface area contributed by atoms with Crippen LogP contribution >= 0.6 is 11.3 Å². The first-order chi connectivity index (χ1) is 12.5. The molecule has 0 fully saturated rings. The van der Waals surface area contributed by atoms with Gasteiger partial charge in [-0.3, -0.25) is 9.69 Å². The van der Waals surface area contributed by atoms with E-state index < -0.39 is 0 Å². The van der Waals surface area contributed by atoms with Gasteiger partial charge in [-0.15, -0.1) is 11.3 Å². The lowest BCUT2D eigenvalue weighted by atomic mass is 10.0. The maximum Gasteiger partial charge on any atom is 0.234 e. The summed E-state index contributed by atoms with van der Waals surface area (Å²) in [5, 5.41) is 5.24. The van der Waals surface area contributed by atoms with E-state index >= 15 is 0 Å². The first-order valence-corrected chi connectivity index (χ1v) is 9.73. The Morgan fingerprint density at radius 2 is 2.15 bits per heavy atom. The number of carbonyl (C=O) groups is 1. The van der Waals surface area contributed by atoms with Crippen molar-refractivity contribution < 1.29 is 14.3 Å². The van der Waals surface area contributed by atoms with Crippen LogP contribution < -0.4 is 14.8 Å². The zero-order valence-corrected chi connectivity index (χ0v) is 16.6. The number of rotatable bonds is 6. The maximum absolute atomic E-state index is 12.6. The monoisotopic (exact) mass is 374 g/mol. The van der Waals surface area contributed by atoms with E-state index in [4.69, 9.17) is 9.47 Å². The van der Waals surface area contributed by atoms with Crippen molar-refractivity contribution in [3.8, 4) is 11.5 Å². The second-order valence-corrected chi connectivity index (χ2v) is 7.59. The summed E-state index contributed by atoms with van der Waals surface area (Å²) in [4.78, 5) is 16.3. The number of carbonyl (C=O) groups excluding carboxylic acids is 1. The van der Waals surface area contributed by atoms with Crippen molar-refractivity contribution >= 4 is 17.2 Å². The summed E-state index contributed by atoms with van der Waals surface area (Å²) in [5.74, 6) is 1.51. The summed E-state index contributed by atoms with van der Waals surface area (Å²) in [5.41, 5.74) is 2.27. The Hall–Kier alpha value is -2.05. The van der Waals surface area contributed by atoms with Gasteiger partial charge in [-0.25, -0.2) is 0 Å². The van der Waals surface area contributed by atoms with E-state index in [1.807, 2.05) is 36.5 Å². The van der Waals surface area contributed by atoms with E-state index in [2.05, 4.69) is 28.6 Å². The van der Waals surface area contributed by atoms with Gasteiger partial charge in [0.15, 0.2) is 0 Å². The normalized spacial score (nSPS) is 18.1. The van der Waals surface area contributed by atoms with E-state index in [0.29, 0.717) is 6.54 Å². The smallest absolute Gasteiger partial charge is 0.234 e. The molecule has 2 heterocycles. The fourth-order valence-electron chi connectivity index (χ4n) is 3.50. The van der Waals surface area contributed by atoms with Gasteiger partial charge in [0.05, 0.1) is 26.8 Å². The molecule has 1 aliphatic rings. The number of ether oxygens (including phenoxy) is 2. The molecule has 1 amide bonds. The van der Waals surface area contributed by atoms with E-state index in [1.165, 1.54) is 10.4 Å². The number of hydrogen-bond acceptors (Lipinski definition) is 5. The Balaban J connectivity index is 1.65. The molecule has 1 aromatic carbocycles. The molecule has 3 rings (SSSR count). The van der Waals surface area contributed by atoms with E-state index in [-0.39, 0.29) is 18.0 Å². The standard InChI is InChI=1S/C20H26N2O3S/c1-13(17-11-15(24-3)5-6-18(17)25-4)21-20(23)12-22-9-7-19-16(14(22)2)8-10-26-19/h5-6,8,10-11,13-14H,7,9,12H2,1-4H3,(H,21,23)/t13-,14+/m0/s1. The highest BCUT2D eigenvalue weighted by Gasteiger charge is 2.26. The summed E-state index contributed by atoms with van der Waals surface area (Å²) in [6, 6.07) is 7.91. The second kappa shape index (κ2) is 8.10. The van der Waals surface area contributed by atoms with Gasteiger partial charge in [-0.05, 0) is 55.5 Å². The lowest BCUT2D eigenvalue weighted by molar-refractivity contribution is -0.123. The van der Waals surface area contributed by atoms with Crippen LogP contribution in [0.15, 0.2) is 29.6 Å². The van der Waals surface area contributed by atoms with Gasteiger partial charge in [-0.1, -0.05) is 0 Å². The largest absolute Gasteiger partial charge is 0.497 e. The minimum atomic E-state index is -0.163. The Labute approximate surface area is 158 Å². The van der Waals surface area contributed by atoms with E-state index in [1.54, 1.807) is 14.2 Å². The number of thiophene rings is 1. The lowest BCUT2D eigenvalue weighted by Gasteiger charge is -2.33. The van der Waals surface area contributed by atoms with E-state index in [0.717, 1.165) is 30.0 Å². The van der Waals surface area contributed by atoms with Crippen LogP contribution in [0.4, 0.5) is 0 Å². The molecule has 1 aliphatic heterocycles. The van der Waals surface area contributed by atoms with Gasteiger partial charge < -0.3 is 14.8 Å². The summed E-state index contributed by atoms with van der Waals surface area (Å²) in [6.45, 7) is 5.45. The predicted octanol–water partition coefficient (Wildman–Crippen LogP) is 3.56. The SMILES string of the molecule is COc1ccc(OC)c([C@H](C)NC(=O)CN2CCc3sccc3[C@H]2C)c1. The van der Waals surface area contributed by atoms with Gasteiger partial charge in [-0.2, -0.15) is 0 Å². The highest BCUT2D eigenvalue weighted by Crippen LogP contribution is 2.33. The van der Waals surface area contributed by atoms with Crippen LogP contribution in [-0.2, 0) is 11.2 Å². The number of benzene rings is 1. The molecule has 5 nitrogen and oxygen atoms in total. The Morgan fingerprint density at radius 1 is 1.35 bits per heavy atom. The fraction of sp³-hybridized carbons (Fsp3) is 0.450. The van der Waals surface area contributed by atoms with Crippen molar-refractivity contribution in [2.45, 2.75) is 32.4 Å². The first kappa shape index (κ1) is 18.7. The molecule has 0 aliphatic carbocycles. The molecule has 1 aromatic heterocycles. The number of methoxy groups -OCH3 is 2.